The minimum absolute atomic E-state index is 0.0689. The molecule has 3 amide bonds. The van der Waals surface area contributed by atoms with Gasteiger partial charge in [-0.25, -0.2) is 15.1 Å². The van der Waals surface area contributed by atoms with Crippen molar-refractivity contribution in [1.82, 2.24) is 20.6 Å². The van der Waals surface area contributed by atoms with Gasteiger partial charge < -0.3 is 20.1 Å². The topological polar surface area (TPSA) is 131 Å². The fourth-order valence-electron chi connectivity index (χ4n) is 3.94. The molecule has 1 aliphatic rings. The summed E-state index contributed by atoms with van der Waals surface area (Å²) in [5.41, 5.74) is 4.11. The molecule has 1 saturated heterocycles. The fourth-order valence-corrected chi connectivity index (χ4v) is 3.94. The van der Waals surface area contributed by atoms with E-state index in [-0.39, 0.29) is 18.1 Å². The lowest BCUT2D eigenvalue weighted by Crippen LogP contribution is -2.59. The number of hydroxylamine groups is 1. The SMILES string of the molecule is COc1cccc(CNC(=O)N2C[C@@H](C)N(Cc3ccc(C(=O)NO)cc3)[C@@H](C)C2)c1.O=C(O)C(F)(F)F. The molecule has 2 aromatic rings. The lowest BCUT2D eigenvalue weighted by molar-refractivity contribution is -0.192. The van der Waals surface area contributed by atoms with Gasteiger partial charge >= 0.3 is 18.2 Å². The smallest absolute Gasteiger partial charge is 0.490 e. The summed E-state index contributed by atoms with van der Waals surface area (Å²) < 4.78 is 37.0. The molecule has 0 aromatic heterocycles. The van der Waals surface area contributed by atoms with Gasteiger partial charge in [0.25, 0.3) is 5.91 Å². The number of amides is 3. The normalized spacial score (nSPS) is 17.6. The monoisotopic (exact) mass is 540 g/mol. The number of rotatable bonds is 6. The molecule has 2 atom stereocenters. The zero-order valence-corrected chi connectivity index (χ0v) is 21.2. The molecule has 1 aliphatic heterocycles. The van der Waals surface area contributed by atoms with Crippen LogP contribution in [0.4, 0.5) is 18.0 Å². The molecule has 0 spiro atoms. The molecular formula is C25H31F3N4O6. The molecule has 38 heavy (non-hydrogen) atoms. The van der Waals surface area contributed by atoms with E-state index in [2.05, 4.69) is 24.1 Å². The van der Waals surface area contributed by atoms with Crippen molar-refractivity contribution in [3.05, 3.63) is 65.2 Å². The van der Waals surface area contributed by atoms with E-state index in [0.29, 0.717) is 25.2 Å². The predicted molar refractivity (Wildman–Crippen MR) is 131 cm³/mol. The standard InChI is InChI=1S/C23H30N4O4.C2HF3O2/c1-16-13-26(23(29)24-12-19-5-4-6-21(11-19)31-3)14-17(2)27(16)15-18-7-9-20(10-8-18)22(28)25-30;3-2(4,5)1(6)7/h4-11,16-17,30H,12-15H2,1-3H3,(H,24,29)(H,25,28);(H,6,7)/t16-,17+;. The number of hydrogen-bond donors (Lipinski definition) is 4. The number of carboxylic acids is 1. The summed E-state index contributed by atoms with van der Waals surface area (Å²) in [6, 6.07) is 15.1. The average Bonchev–Trinajstić information content (AvgIpc) is 2.89. The number of carbonyl (C=O) groups is 3. The lowest BCUT2D eigenvalue weighted by atomic mass is 10.1. The number of ether oxygens (including phenoxy) is 1. The van der Waals surface area contributed by atoms with Gasteiger partial charge in [0.1, 0.15) is 5.75 Å². The molecule has 10 nitrogen and oxygen atoms in total. The number of piperazine rings is 1. The minimum Gasteiger partial charge on any atom is -0.497 e. The molecule has 13 heteroatoms. The van der Waals surface area contributed by atoms with E-state index in [9.17, 15) is 22.8 Å². The van der Waals surface area contributed by atoms with Crippen LogP contribution in [0.2, 0.25) is 0 Å². The first kappa shape index (κ1) is 30.4. The van der Waals surface area contributed by atoms with Crippen LogP contribution in [0.3, 0.4) is 0 Å². The number of alkyl halides is 3. The lowest BCUT2D eigenvalue weighted by Gasteiger charge is -2.44. The Bertz CT molecular complexity index is 1090. The number of carbonyl (C=O) groups excluding carboxylic acids is 2. The number of benzene rings is 2. The van der Waals surface area contributed by atoms with Crippen molar-refractivity contribution < 1.29 is 42.6 Å². The number of hydrogen-bond acceptors (Lipinski definition) is 6. The highest BCUT2D eigenvalue weighted by molar-refractivity contribution is 5.93. The summed E-state index contributed by atoms with van der Waals surface area (Å²) in [5.74, 6) is -2.51. The van der Waals surface area contributed by atoms with Crippen molar-refractivity contribution >= 4 is 17.9 Å². The Morgan fingerprint density at radius 2 is 1.61 bits per heavy atom. The highest BCUT2D eigenvalue weighted by Gasteiger charge is 2.38. The summed E-state index contributed by atoms with van der Waals surface area (Å²) in [6.45, 7) is 6.69. The molecule has 0 bridgehead atoms. The average molecular weight is 541 g/mol. The molecule has 208 valence electrons. The first-order valence-electron chi connectivity index (χ1n) is 11.6. The highest BCUT2D eigenvalue weighted by atomic mass is 19.4. The van der Waals surface area contributed by atoms with Crippen molar-refractivity contribution in [1.29, 1.82) is 0 Å². The van der Waals surface area contributed by atoms with Crippen LogP contribution in [0.1, 0.15) is 35.3 Å². The Hall–Kier alpha value is -3.84. The molecule has 2 aromatic carbocycles. The zero-order chi connectivity index (χ0) is 28.5. The Morgan fingerprint density at radius 3 is 2.11 bits per heavy atom. The number of methoxy groups -OCH3 is 1. The van der Waals surface area contributed by atoms with E-state index >= 15 is 0 Å². The molecule has 0 aliphatic carbocycles. The molecule has 0 radical (unpaired) electrons. The van der Waals surface area contributed by atoms with E-state index < -0.39 is 18.1 Å². The molecule has 0 unspecified atom stereocenters. The van der Waals surface area contributed by atoms with Gasteiger partial charge in [0.2, 0.25) is 0 Å². The highest BCUT2D eigenvalue weighted by Crippen LogP contribution is 2.20. The van der Waals surface area contributed by atoms with Gasteiger partial charge in [-0.2, -0.15) is 13.2 Å². The van der Waals surface area contributed by atoms with Crippen molar-refractivity contribution in [3.63, 3.8) is 0 Å². The number of halogens is 3. The fraction of sp³-hybridized carbons (Fsp3) is 0.400. The van der Waals surface area contributed by atoms with Crippen LogP contribution in [0.15, 0.2) is 48.5 Å². The van der Waals surface area contributed by atoms with E-state index in [1.165, 1.54) is 0 Å². The van der Waals surface area contributed by atoms with Crippen LogP contribution in [0.25, 0.3) is 0 Å². The van der Waals surface area contributed by atoms with Crippen LogP contribution in [-0.4, -0.2) is 76.5 Å². The summed E-state index contributed by atoms with van der Waals surface area (Å²) in [5, 5.41) is 18.9. The maximum absolute atomic E-state index is 12.7. The van der Waals surface area contributed by atoms with Gasteiger partial charge in [0, 0.05) is 43.8 Å². The van der Waals surface area contributed by atoms with Gasteiger partial charge in [-0.3, -0.25) is 14.9 Å². The molecule has 0 saturated carbocycles. The number of aliphatic carboxylic acids is 1. The van der Waals surface area contributed by atoms with E-state index in [4.69, 9.17) is 19.8 Å². The number of carboxylic acid groups (broad SMARTS) is 1. The predicted octanol–water partition coefficient (Wildman–Crippen LogP) is 3.25. The quantitative estimate of drug-likeness (QED) is 0.327. The third-order valence-corrected chi connectivity index (χ3v) is 5.89. The third-order valence-electron chi connectivity index (χ3n) is 5.89. The van der Waals surface area contributed by atoms with Crippen molar-refractivity contribution in [2.75, 3.05) is 20.2 Å². The largest absolute Gasteiger partial charge is 0.497 e. The number of nitrogens with one attached hydrogen (secondary N) is 2. The zero-order valence-electron chi connectivity index (χ0n) is 21.2. The third kappa shape index (κ3) is 8.92. The van der Waals surface area contributed by atoms with Crippen LogP contribution in [-0.2, 0) is 17.9 Å². The van der Waals surface area contributed by atoms with Gasteiger partial charge in [-0.1, -0.05) is 24.3 Å². The Kier molecular flexibility index (Phi) is 10.9. The summed E-state index contributed by atoms with van der Waals surface area (Å²) in [4.78, 5) is 37.3. The molecule has 1 heterocycles. The van der Waals surface area contributed by atoms with E-state index in [0.717, 1.165) is 23.4 Å². The van der Waals surface area contributed by atoms with Crippen LogP contribution in [0, 0.1) is 0 Å². The van der Waals surface area contributed by atoms with Gasteiger partial charge in [-0.05, 0) is 49.2 Å². The van der Waals surface area contributed by atoms with Gasteiger partial charge in [0.15, 0.2) is 0 Å². The number of urea groups is 1. The van der Waals surface area contributed by atoms with Gasteiger partial charge in [0.05, 0.1) is 7.11 Å². The summed E-state index contributed by atoms with van der Waals surface area (Å²) in [7, 11) is 1.63. The van der Waals surface area contributed by atoms with Crippen molar-refractivity contribution in [3.8, 4) is 5.75 Å². The molecule has 1 fully saturated rings. The molecule has 3 rings (SSSR count). The first-order valence-corrected chi connectivity index (χ1v) is 11.6. The maximum atomic E-state index is 12.7. The second-order valence-electron chi connectivity index (χ2n) is 8.73. The summed E-state index contributed by atoms with van der Waals surface area (Å²) in [6.07, 6.45) is -5.08. The Morgan fingerprint density at radius 1 is 1.03 bits per heavy atom. The van der Waals surface area contributed by atoms with Crippen molar-refractivity contribution in [2.24, 2.45) is 0 Å². The van der Waals surface area contributed by atoms with Crippen molar-refractivity contribution in [2.45, 2.75) is 45.2 Å². The summed E-state index contributed by atoms with van der Waals surface area (Å²) >= 11 is 0. The Balaban J connectivity index is 0.000000638. The second-order valence-corrected chi connectivity index (χ2v) is 8.73. The van der Waals surface area contributed by atoms with Crippen LogP contribution < -0.4 is 15.5 Å². The van der Waals surface area contributed by atoms with Crippen LogP contribution in [0.5, 0.6) is 5.75 Å². The maximum Gasteiger partial charge on any atom is 0.490 e. The molecule has 4 N–H and O–H groups in total. The Labute approximate surface area is 217 Å². The van der Waals surface area contributed by atoms with Gasteiger partial charge in [-0.15, -0.1) is 0 Å². The number of nitrogens with zero attached hydrogens (tertiary/aromatic N) is 2. The van der Waals surface area contributed by atoms with E-state index in [1.807, 2.05) is 41.3 Å². The van der Waals surface area contributed by atoms with E-state index in [1.54, 1.807) is 24.7 Å². The minimum atomic E-state index is -5.08. The van der Waals surface area contributed by atoms with Crippen LogP contribution >= 0.6 is 0 Å². The molecular weight excluding hydrogens is 509 g/mol. The second kappa shape index (κ2) is 13.6. The first-order chi connectivity index (χ1) is 17.8.